The van der Waals surface area contributed by atoms with E-state index in [-0.39, 0.29) is 5.92 Å². The summed E-state index contributed by atoms with van der Waals surface area (Å²) in [6.07, 6.45) is 11.0. The molecule has 1 atom stereocenters. The number of nitrogens with zero attached hydrogens (tertiary/aromatic N) is 2. The number of anilines is 1. The molecule has 1 aromatic rings. The van der Waals surface area contributed by atoms with Gasteiger partial charge in [-0.05, 0) is 68.3 Å². The van der Waals surface area contributed by atoms with Gasteiger partial charge in [-0.2, -0.15) is 0 Å². The van der Waals surface area contributed by atoms with Gasteiger partial charge in [0.05, 0.1) is 7.11 Å². The highest BCUT2D eigenvalue weighted by Crippen LogP contribution is 2.37. The average Bonchev–Trinajstić information content (AvgIpc) is 3.20. The van der Waals surface area contributed by atoms with Crippen LogP contribution >= 0.6 is 0 Å². The van der Waals surface area contributed by atoms with Crippen molar-refractivity contribution in [1.29, 1.82) is 0 Å². The second kappa shape index (κ2) is 12.5. The summed E-state index contributed by atoms with van der Waals surface area (Å²) in [6.45, 7) is 13.7. The number of ether oxygens (including phenoxy) is 3. The third-order valence-electron chi connectivity index (χ3n) is 6.24. The number of rotatable bonds is 11. The van der Waals surface area contributed by atoms with Crippen LogP contribution in [0.25, 0.3) is 0 Å². The van der Waals surface area contributed by atoms with Crippen LogP contribution in [-0.4, -0.2) is 58.5 Å². The van der Waals surface area contributed by atoms with E-state index in [1.54, 1.807) is 14.2 Å². The van der Waals surface area contributed by atoms with Gasteiger partial charge in [-0.3, -0.25) is 4.90 Å². The number of piperidine rings is 1. The minimum Gasteiger partial charge on any atom is -0.497 e. The Kier molecular flexibility index (Phi) is 9.44. The molecule has 0 amide bonds. The summed E-state index contributed by atoms with van der Waals surface area (Å²) in [5.74, 6) is 1.93. The molecule has 0 saturated carbocycles. The van der Waals surface area contributed by atoms with Crippen molar-refractivity contribution in [2.75, 3.05) is 58.5 Å². The van der Waals surface area contributed by atoms with Crippen molar-refractivity contribution >= 4 is 5.69 Å². The van der Waals surface area contributed by atoms with Gasteiger partial charge in [0.1, 0.15) is 24.7 Å². The Hall–Kier alpha value is -2.50. The van der Waals surface area contributed by atoms with Crippen molar-refractivity contribution in [1.82, 2.24) is 4.90 Å². The van der Waals surface area contributed by atoms with Gasteiger partial charge in [-0.1, -0.05) is 31.7 Å². The van der Waals surface area contributed by atoms with E-state index >= 15 is 0 Å². The first-order valence-corrected chi connectivity index (χ1v) is 11.6. The maximum atomic E-state index is 6.16. The Bertz CT molecular complexity index is 807. The van der Waals surface area contributed by atoms with Gasteiger partial charge in [0.25, 0.3) is 0 Å². The molecule has 1 unspecified atom stereocenters. The molecule has 5 heteroatoms. The lowest BCUT2D eigenvalue weighted by atomic mass is 9.94. The maximum Gasteiger partial charge on any atom is 0.122 e. The largest absolute Gasteiger partial charge is 0.497 e. The lowest BCUT2D eigenvalue weighted by molar-refractivity contribution is 0.105. The fourth-order valence-corrected chi connectivity index (χ4v) is 4.52. The van der Waals surface area contributed by atoms with Crippen molar-refractivity contribution in [3.63, 3.8) is 0 Å². The molecule has 2 aliphatic rings. The molecule has 0 aromatic heterocycles. The molecule has 1 aromatic carbocycles. The second-order valence-electron chi connectivity index (χ2n) is 8.38. The summed E-state index contributed by atoms with van der Waals surface area (Å²) in [7, 11) is 3.39. The molecular weight excluding hydrogens is 400 g/mol. The smallest absolute Gasteiger partial charge is 0.122 e. The van der Waals surface area contributed by atoms with E-state index in [4.69, 9.17) is 14.2 Å². The van der Waals surface area contributed by atoms with Crippen LogP contribution in [0.5, 0.6) is 5.75 Å². The van der Waals surface area contributed by atoms with E-state index in [0.717, 1.165) is 48.0 Å². The summed E-state index contributed by atoms with van der Waals surface area (Å²) >= 11 is 0. The van der Waals surface area contributed by atoms with Crippen LogP contribution in [0.1, 0.15) is 25.7 Å². The number of hydrogen-bond donors (Lipinski definition) is 0. The van der Waals surface area contributed by atoms with Crippen LogP contribution in [0, 0.1) is 5.92 Å². The van der Waals surface area contributed by atoms with Crippen molar-refractivity contribution in [2.24, 2.45) is 5.92 Å². The number of hydrogen-bond acceptors (Lipinski definition) is 5. The highest BCUT2D eigenvalue weighted by molar-refractivity contribution is 5.57. The van der Waals surface area contributed by atoms with Gasteiger partial charge in [0, 0.05) is 37.5 Å². The lowest BCUT2D eigenvalue weighted by Gasteiger charge is -2.26. The molecule has 5 nitrogen and oxygen atoms in total. The number of allylic oxidation sites excluding steroid dienone is 4. The maximum absolute atomic E-state index is 6.16. The molecule has 3 rings (SSSR count). The first-order valence-electron chi connectivity index (χ1n) is 11.6. The molecular formula is C27H38N2O3. The molecule has 0 N–H and O–H groups in total. The monoisotopic (exact) mass is 438 g/mol. The van der Waals surface area contributed by atoms with Crippen molar-refractivity contribution in [2.45, 2.75) is 25.7 Å². The van der Waals surface area contributed by atoms with Crippen LogP contribution in [0.15, 0.2) is 72.7 Å². The topological polar surface area (TPSA) is 34.2 Å². The number of likely N-dealkylation sites (tertiary alicyclic amines) is 1. The molecule has 2 fully saturated rings. The van der Waals surface area contributed by atoms with Crippen molar-refractivity contribution in [3.8, 4) is 5.75 Å². The van der Waals surface area contributed by atoms with E-state index < -0.39 is 0 Å². The Morgan fingerprint density at radius 3 is 2.50 bits per heavy atom. The van der Waals surface area contributed by atoms with Gasteiger partial charge in [0.15, 0.2) is 0 Å². The predicted molar refractivity (Wildman–Crippen MR) is 132 cm³/mol. The normalized spacial score (nSPS) is 20.5. The Morgan fingerprint density at radius 1 is 1.09 bits per heavy atom. The Balaban J connectivity index is 1.67. The third kappa shape index (κ3) is 6.50. The quantitative estimate of drug-likeness (QED) is 0.351. The molecule has 2 aliphatic heterocycles. The molecule has 0 aliphatic carbocycles. The van der Waals surface area contributed by atoms with Crippen LogP contribution in [0.2, 0.25) is 0 Å². The zero-order valence-electron chi connectivity index (χ0n) is 19.7. The summed E-state index contributed by atoms with van der Waals surface area (Å²) in [5, 5.41) is 0. The number of methoxy groups -OCH3 is 2. The molecule has 2 saturated heterocycles. The van der Waals surface area contributed by atoms with E-state index in [2.05, 4.69) is 47.2 Å². The first kappa shape index (κ1) is 24.1. The van der Waals surface area contributed by atoms with E-state index in [1.807, 2.05) is 18.2 Å². The minimum atomic E-state index is 0.215. The van der Waals surface area contributed by atoms with E-state index in [1.165, 1.54) is 32.4 Å². The summed E-state index contributed by atoms with van der Waals surface area (Å²) in [5.41, 5.74) is 3.38. The molecule has 32 heavy (non-hydrogen) atoms. The fourth-order valence-electron chi connectivity index (χ4n) is 4.52. The zero-order chi connectivity index (χ0) is 22.8. The average molecular weight is 439 g/mol. The number of benzene rings is 1. The second-order valence-corrected chi connectivity index (χ2v) is 8.38. The lowest BCUT2D eigenvalue weighted by Crippen LogP contribution is -2.32. The Morgan fingerprint density at radius 2 is 1.84 bits per heavy atom. The zero-order valence-corrected chi connectivity index (χ0v) is 19.7. The predicted octanol–water partition coefficient (Wildman–Crippen LogP) is 5.18. The SMILES string of the molecule is C=C/C=C(\C=C(/COC)OCCN1CCCCC1)C1CCN(c2ccc(OC)cc2)C1=C. The van der Waals surface area contributed by atoms with Gasteiger partial charge >= 0.3 is 0 Å². The van der Waals surface area contributed by atoms with Crippen LogP contribution in [0.3, 0.4) is 0 Å². The standard InChI is InChI=1S/C27H38N2O3/c1-5-9-23(20-26(21-30-3)32-19-18-28-15-7-6-8-16-28)27-14-17-29(22(27)2)24-10-12-25(31-4)13-11-24/h5,9-13,20,27H,1-2,6-8,14-19,21H2,3-4H3/b23-9+,26-20+. The van der Waals surface area contributed by atoms with Crippen LogP contribution in [-0.2, 0) is 9.47 Å². The van der Waals surface area contributed by atoms with Crippen molar-refractivity contribution in [3.05, 3.63) is 72.7 Å². The highest BCUT2D eigenvalue weighted by Gasteiger charge is 2.29. The van der Waals surface area contributed by atoms with Crippen LogP contribution in [0.4, 0.5) is 5.69 Å². The molecule has 0 radical (unpaired) electrons. The van der Waals surface area contributed by atoms with E-state index in [9.17, 15) is 0 Å². The first-order chi connectivity index (χ1) is 15.7. The summed E-state index contributed by atoms with van der Waals surface area (Å²) in [4.78, 5) is 4.77. The Labute approximate surface area is 193 Å². The summed E-state index contributed by atoms with van der Waals surface area (Å²) < 4.78 is 16.9. The van der Waals surface area contributed by atoms with Crippen molar-refractivity contribution < 1.29 is 14.2 Å². The van der Waals surface area contributed by atoms with Gasteiger partial charge in [-0.15, -0.1) is 0 Å². The van der Waals surface area contributed by atoms with Gasteiger partial charge in [-0.25, -0.2) is 0 Å². The minimum absolute atomic E-state index is 0.215. The summed E-state index contributed by atoms with van der Waals surface area (Å²) in [6, 6.07) is 8.14. The molecule has 0 bridgehead atoms. The molecule has 0 spiro atoms. The van der Waals surface area contributed by atoms with Crippen LogP contribution < -0.4 is 9.64 Å². The molecule has 2 heterocycles. The van der Waals surface area contributed by atoms with E-state index in [0.29, 0.717) is 13.2 Å². The highest BCUT2D eigenvalue weighted by atomic mass is 16.5. The molecule has 174 valence electrons. The third-order valence-corrected chi connectivity index (χ3v) is 6.24. The fraction of sp³-hybridized carbons (Fsp3) is 0.481. The van der Waals surface area contributed by atoms with Gasteiger partial charge < -0.3 is 19.1 Å². The van der Waals surface area contributed by atoms with Gasteiger partial charge in [0.2, 0.25) is 0 Å².